The molecule has 0 aliphatic carbocycles. The van der Waals surface area contributed by atoms with Crippen LogP contribution in [-0.4, -0.2) is 27.3 Å². The maximum absolute atomic E-state index is 3.25. The van der Waals surface area contributed by atoms with Crippen molar-refractivity contribution in [1.29, 1.82) is 0 Å². The van der Waals surface area contributed by atoms with E-state index in [1.165, 1.54) is 6.08 Å². The molecule has 0 saturated carbocycles. The van der Waals surface area contributed by atoms with E-state index in [0.29, 0.717) is 0 Å². The Hall–Kier alpha value is 0.662. The van der Waals surface area contributed by atoms with Gasteiger partial charge in [-0.25, -0.2) is 0 Å². The molecule has 3 radical (unpaired) electrons. The summed E-state index contributed by atoms with van der Waals surface area (Å²) in [5.41, 5.74) is 0. The first-order valence-electron chi connectivity index (χ1n) is 0.816. The van der Waals surface area contributed by atoms with Crippen LogP contribution in [0.5, 0.6) is 0 Å². The van der Waals surface area contributed by atoms with E-state index in [0.717, 1.165) is 0 Å². The molecule has 0 unspecified atom stereocenters. The Morgan fingerprint density at radius 3 is 1.50 bits per heavy atom. The third-order valence-corrected chi connectivity index (χ3v) is 0. The van der Waals surface area contributed by atoms with Gasteiger partial charge in [0.05, 0.1) is 0 Å². The van der Waals surface area contributed by atoms with Gasteiger partial charge < -0.3 is 0 Å². The fraction of sp³-hybridized carbons (Fsp3) is 0. The van der Waals surface area contributed by atoms with Gasteiger partial charge in [-0.1, -0.05) is 6.08 Å². The van der Waals surface area contributed by atoms with Crippen LogP contribution >= 0.6 is 0 Å². The van der Waals surface area contributed by atoms with Gasteiger partial charge in [-0.3, -0.25) is 0 Å². The summed E-state index contributed by atoms with van der Waals surface area (Å²) in [5.74, 6) is 0. The van der Waals surface area contributed by atoms with Gasteiger partial charge in [0.15, 0.2) is 0 Å². The summed E-state index contributed by atoms with van der Waals surface area (Å²) in [6.45, 7) is 6.50. The molecular formula is C3H7Pb. The van der Waals surface area contributed by atoms with Crippen molar-refractivity contribution >= 4 is 27.3 Å². The van der Waals surface area contributed by atoms with Gasteiger partial charge in [0.25, 0.3) is 0 Å². The molecule has 0 amide bonds. The van der Waals surface area contributed by atoms with E-state index < -0.39 is 0 Å². The molecule has 0 spiro atoms. The molecule has 0 nitrogen and oxygen atoms in total. The molecule has 0 aromatic carbocycles. The number of hydrogen-bond donors (Lipinski definition) is 0. The summed E-state index contributed by atoms with van der Waals surface area (Å²) in [6.07, 6.45) is 1.50. The Balaban J connectivity index is 0. The van der Waals surface area contributed by atoms with Gasteiger partial charge >= 0.3 is 27.3 Å². The molecule has 0 saturated heterocycles. The summed E-state index contributed by atoms with van der Waals surface area (Å²) >= 11 is 0. The summed E-state index contributed by atoms with van der Waals surface area (Å²) in [5, 5.41) is 0. The molecule has 0 aromatic rings. The van der Waals surface area contributed by atoms with Crippen molar-refractivity contribution in [2.45, 2.75) is 0 Å². The van der Waals surface area contributed by atoms with Crippen molar-refractivity contribution in [3.05, 3.63) is 19.6 Å². The molecule has 0 atom stereocenters. The van der Waals surface area contributed by atoms with E-state index in [9.17, 15) is 0 Å². The Bertz CT molecular complexity index is 10.8. The Morgan fingerprint density at radius 1 is 1.50 bits per heavy atom. The zero-order valence-corrected chi connectivity index (χ0v) is 8.20. The zero-order valence-electron chi connectivity index (χ0n) is 2.70. The van der Waals surface area contributed by atoms with Crippen molar-refractivity contribution in [2.24, 2.45) is 0 Å². The number of allylic oxidation sites excluding steroid dienone is 1. The second-order valence-electron chi connectivity index (χ2n) is 0.289. The summed E-state index contributed by atoms with van der Waals surface area (Å²) in [6, 6.07) is 0. The molecule has 0 rings (SSSR count). The van der Waals surface area contributed by atoms with Crippen LogP contribution in [0.3, 0.4) is 0 Å². The third-order valence-electron chi connectivity index (χ3n) is 0. The van der Waals surface area contributed by atoms with Crippen molar-refractivity contribution in [1.82, 2.24) is 0 Å². The predicted octanol–water partition coefficient (Wildman–Crippen LogP) is 0.0903. The molecule has 0 bridgehead atoms. The Morgan fingerprint density at radius 2 is 1.50 bits per heavy atom. The fourth-order valence-electron chi connectivity index (χ4n) is 0. The normalized spacial score (nSPS) is 3.25. The standard InChI is InChI=1S/C3H5.Pb.2H/c1-3-2;;;/h3H,1-2H2;;;. The van der Waals surface area contributed by atoms with Crippen LogP contribution in [0.15, 0.2) is 12.7 Å². The number of hydrogen-bond acceptors (Lipinski definition) is 0. The molecule has 0 aliphatic rings. The summed E-state index contributed by atoms with van der Waals surface area (Å²) < 4.78 is 0. The average Bonchev–Trinajstić information content (AvgIpc) is 0.918. The van der Waals surface area contributed by atoms with Crippen LogP contribution < -0.4 is 0 Å². The Labute approximate surface area is 47.1 Å². The van der Waals surface area contributed by atoms with E-state index in [2.05, 4.69) is 13.5 Å². The van der Waals surface area contributed by atoms with Crippen molar-refractivity contribution in [3.8, 4) is 0 Å². The second kappa shape index (κ2) is 9.39. The number of rotatable bonds is 0. The monoisotopic (exact) mass is 251 g/mol. The summed E-state index contributed by atoms with van der Waals surface area (Å²) in [7, 11) is 0. The minimum atomic E-state index is 0. The predicted molar refractivity (Wildman–Crippen MR) is 24.1 cm³/mol. The molecule has 23 valence electrons. The first kappa shape index (κ1) is 8.82. The molecule has 0 fully saturated rings. The minimum absolute atomic E-state index is 0. The van der Waals surface area contributed by atoms with E-state index in [1.807, 2.05) is 0 Å². The fourth-order valence-corrected chi connectivity index (χ4v) is 0. The molecule has 0 aliphatic heterocycles. The average molecular weight is 250 g/mol. The first-order chi connectivity index (χ1) is 1.41. The molecular weight excluding hydrogens is 243 g/mol. The molecule has 1 heteroatoms. The topological polar surface area (TPSA) is 0 Å². The van der Waals surface area contributed by atoms with Crippen molar-refractivity contribution in [2.75, 3.05) is 0 Å². The van der Waals surface area contributed by atoms with Gasteiger partial charge in [0, 0.05) is 0 Å². The quantitative estimate of drug-likeness (QED) is 0.535. The SMILES string of the molecule is [CH2]C=C.[PbH2]. The van der Waals surface area contributed by atoms with Crippen LogP contribution in [0.1, 0.15) is 0 Å². The van der Waals surface area contributed by atoms with Gasteiger partial charge in [-0.15, -0.1) is 6.58 Å². The van der Waals surface area contributed by atoms with Gasteiger partial charge in [0.1, 0.15) is 0 Å². The zero-order chi connectivity index (χ0) is 2.71. The van der Waals surface area contributed by atoms with Crippen LogP contribution in [0.2, 0.25) is 0 Å². The van der Waals surface area contributed by atoms with Crippen molar-refractivity contribution < 1.29 is 0 Å². The van der Waals surface area contributed by atoms with E-state index in [-0.39, 0.29) is 27.3 Å². The second-order valence-corrected chi connectivity index (χ2v) is 0.289. The van der Waals surface area contributed by atoms with Gasteiger partial charge in [-0.05, 0) is 6.92 Å². The van der Waals surface area contributed by atoms with Crippen LogP contribution in [0.4, 0.5) is 0 Å². The van der Waals surface area contributed by atoms with Crippen molar-refractivity contribution in [3.63, 3.8) is 0 Å². The van der Waals surface area contributed by atoms with Gasteiger partial charge in [-0.2, -0.15) is 0 Å². The van der Waals surface area contributed by atoms with E-state index in [1.54, 1.807) is 0 Å². The molecule has 0 N–H and O–H groups in total. The van der Waals surface area contributed by atoms with Crippen LogP contribution in [-0.2, 0) is 0 Å². The van der Waals surface area contributed by atoms with Gasteiger partial charge in [0.2, 0.25) is 0 Å². The van der Waals surface area contributed by atoms with Crippen LogP contribution in [0, 0.1) is 6.92 Å². The van der Waals surface area contributed by atoms with Crippen LogP contribution in [0.25, 0.3) is 0 Å². The third kappa shape index (κ3) is 16.8. The maximum atomic E-state index is 3.25. The Kier molecular flexibility index (Phi) is 20.7. The molecule has 4 heavy (non-hydrogen) atoms. The molecule has 0 aromatic heterocycles. The first-order valence-corrected chi connectivity index (χ1v) is 0.816. The summed E-state index contributed by atoms with van der Waals surface area (Å²) in [4.78, 5) is 0. The van der Waals surface area contributed by atoms with E-state index >= 15 is 0 Å². The molecule has 0 heterocycles. The van der Waals surface area contributed by atoms with E-state index in [4.69, 9.17) is 0 Å².